The Morgan fingerprint density at radius 3 is 2.33 bits per heavy atom. The summed E-state index contributed by atoms with van der Waals surface area (Å²) in [5.41, 5.74) is 2.76. The number of piperazine rings is 1. The maximum atomic E-state index is 14.2. The minimum atomic E-state index is -0.645. The smallest absolute Gasteiger partial charge is 0.309 e. The molecule has 0 saturated carbocycles. The van der Waals surface area contributed by atoms with Gasteiger partial charge in [-0.2, -0.15) is 0 Å². The molecule has 0 unspecified atom stereocenters. The molecule has 7 nitrogen and oxygen atoms in total. The number of pyridine rings is 1. The fourth-order valence-electron chi connectivity index (χ4n) is 4.50. The minimum absolute atomic E-state index is 0.142. The van der Waals surface area contributed by atoms with E-state index in [0.717, 1.165) is 18.4 Å². The number of rotatable bonds is 9. The normalized spacial score (nSPS) is 14.8. The first kappa shape index (κ1) is 25.3. The van der Waals surface area contributed by atoms with E-state index in [2.05, 4.69) is 20.5 Å². The molecule has 1 aliphatic rings. The van der Waals surface area contributed by atoms with Crippen LogP contribution in [0, 0.1) is 5.82 Å². The molecule has 2 aromatic carbocycles. The molecule has 1 atom stereocenters. The molecule has 0 bridgehead atoms. The van der Waals surface area contributed by atoms with Crippen molar-refractivity contribution >= 4 is 17.5 Å². The number of carbonyl (C=O) groups is 2. The predicted molar refractivity (Wildman–Crippen MR) is 138 cm³/mol. The van der Waals surface area contributed by atoms with Crippen molar-refractivity contribution in [2.75, 3.05) is 44.2 Å². The molecule has 0 radical (unpaired) electrons. The third kappa shape index (κ3) is 6.88. The third-order valence-corrected chi connectivity index (χ3v) is 6.45. The van der Waals surface area contributed by atoms with Crippen molar-refractivity contribution in [3.63, 3.8) is 0 Å². The van der Waals surface area contributed by atoms with Crippen LogP contribution in [0.3, 0.4) is 0 Å². The summed E-state index contributed by atoms with van der Waals surface area (Å²) >= 11 is 0. The number of nitrogens with zero attached hydrogens (tertiary/aromatic N) is 3. The maximum Gasteiger partial charge on any atom is 0.309 e. The summed E-state index contributed by atoms with van der Waals surface area (Å²) in [6.45, 7) is 3.42. The lowest BCUT2D eigenvalue weighted by molar-refractivity contribution is -0.139. The summed E-state index contributed by atoms with van der Waals surface area (Å²) in [7, 11) is 0. The lowest BCUT2D eigenvalue weighted by Gasteiger charge is -2.40. The molecule has 2 amide bonds. The van der Waals surface area contributed by atoms with E-state index in [1.807, 2.05) is 53.4 Å². The molecule has 4 rings (SSSR count). The zero-order valence-corrected chi connectivity index (χ0v) is 20.3. The van der Waals surface area contributed by atoms with Gasteiger partial charge >= 0.3 is 11.8 Å². The molecule has 2 heterocycles. The van der Waals surface area contributed by atoms with Gasteiger partial charge in [0.25, 0.3) is 0 Å². The van der Waals surface area contributed by atoms with E-state index in [4.69, 9.17) is 0 Å². The average molecular weight is 490 g/mol. The van der Waals surface area contributed by atoms with Crippen LogP contribution in [0.1, 0.15) is 23.6 Å². The number of nitrogens with one attached hydrogen (secondary N) is 2. The monoisotopic (exact) mass is 489 g/mol. The second-order valence-corrected chi connectivity index (χ2v) is 8.83. The zero-order chi connectivity index (χ0) is 25.2. The van der Waals surface area contributed by atoms with Crippen LogP contribution in [-0.2, 0) is 16.0 Å². The molecule has 3 aromatic rings. The standard InChI is InChI=1S/C28H32FN5O2/c29-24-12-4-5-13-25(24)33-16-18-34(19-17-33)26(23-11-7-14-30-20-23)21-32-28(36)27(35)31-15-6-10-22-8-2-1-3-9-22/h1-5,7-9,11-14,20,26H,6,10,15-19,21H2,(H,31,35)(H,32,36)/t26-/m1/s1. The lowest BCUT2D eigenvalue weighted by Crippen LogP contribution is -2.51. The summed E-state index contributed by atoms with van der Waals surface area (Å²) in [4.78, 5) is 33.3. The Balaban J connectivity index is 1.29. The Labute approximate surface area is 211 Å². The topological polar surface area (TPSA) is 77.6 Å². The highest BCUT2D eigenvalue weighted by Gasteiger charge is 2.27. The maximum absolute atomic E-state index is 14.2. The number of aryl methyl sites for hydroxylation is 1. The van der Waals surface area contributed by atoms with Crippen molar-refractivity contribution in [2.45, 2.75) is 18.9 Å². The van der Waals surface area contributed by atoms with Gasteiger partial charge in [0.15, 0.2) is 0 Å². The Morgan fingerprint density at radius 2 is 1.61 bits per heavy atom. The van der Waals surface area contributed by atoms with Gasteiger partial charge in [-0.05, 0) is 42.2 Å². The first-order chi connectivity index (χ1) is 17.6. The SMILES string of the molecule is O=C(NCCCc1ccccc1)C(=O)NC[C@H](c1cccnc1)N1CCN(c2ccccc2F)CC1. The highest BCUT2D eigenvalue weighted by atomic mass is 19.1. The minimum Gasteiger partial charge on any atom is -0.367 e. The van der Waals surface area contributed by atoms with E-state index in [-0.39, 0.29) is 18.4 Å². The Kier molecular flexibility index (Phi) is 8.99. The van der Waals surface area contributed by atoms with Crippen LogP contribution in [0.15, 0.2) is 79.1 Å². The molecular weight excluding hydrogens is 457 g/mol. The van der Waals surface area contributed by atoms with Gasteiger partial charge in [-0.25, -0.2) is 4.39 Å². The van der Waals surface area contributed by atoms with Gasteiger partial charge in [0.05, 0.1) is 11.7 Å². The van der Waals surface area contributed by atoms with Crippen LogP contribution in [0.5, 0.6) is 0 Å². The third-order valence-electron chi connectivity index (χ3n) is 6.45. The average Bonchev–Trinajstić information content (AvgIpc) is 2.93. The molecule has 1 aromatic heterocycles. The van der Waals surface area contributed by atoms with Crippen molar-refractivity contribution in [1.29, 1.82) is 0 Å². The van der Waals surface area contributed by atoms with Crippen molar-refractivity contribution in [1.82, 2.24) is 20.5 Å². The number of halogens is 1. The van der Waals surface area contributed by atoms with Crippen LogP contribution in [0.2, 0.25) is 0 Å². The predicted octanol–water partition coefficient (Wildman–Crippen LogP) is 2.95. The van der Waals surface area contributed by atoms with Gasteiger partial charge < -0.3 is 15.5 Å². The summed E-state index contributed by atoms with van der Waals surface area (Å²) in [6, 6.07) is 20.5. The van der Waals surface area contributed by atoms with E-state index in [1.54, 1.807) is 24.5 Å². The molecule has 1 aliphatic heterocycles. The number of carbonyl (C=O) groups excluding carboxylic acids is 2. The zero-order valence-electron chi connectivity index (χ0n) is 20.3. The number of hydrogen-bond donors (Lipinski definition) is 2. The number of aromatic nitrogens is 1. The molecule has 0 aliphatic carbocycles. The van der Waals surface area contributed by atoms with Gasteiger partial charge in [0.1, 0.15) is 5.82 Å². The van der Waals surface area contributed by atoms with E-state index in [1.165, 1.54) is 11.6 Å². The molecule has 2 N–H and O–H groups in total. The molecule has 36 heavy (non-hydrogen) atoms. The van der Waals surface area contributed by atoms with E-state index in [0.29, 0.717) is 38.4 Å². The van der Waals surface area contributed by atoms with Crippen LogP contribution >= 0.6 is 0 Å². The molecule has 1 fully saturated rings. The van der Waals surface area contributed by atoms with E-state index in [9.17, 15) is 14.0 Å². The molecular formula is C28H32FN5O2. The number of hydrogen-bond acceptors (Lipinski definition) is 5. The highest BCUT2D eigenvalue weighted by molar-refractivity contribution is 6.35. The van der Waals surface area contributed by atoms with Crippen LogP contribution in [0.25, 0.3) is 0 Å². The summed E-state index contributed by atoms with van der Waals surface area (Å²) in [5.74, 6) is -1.50. The van der Waals surface area contributed by atoms with E-state index < -0.39 is 11.8 Å². The fraction of sp³-hybridized carbons (Fsp3) is 0.321. The van der Waals surface area contributed by atoms with Gasteiger partial charge in [0.2, 0.25) is 0 Å². The van der Waals surface area contributed by atoms with Crippen molar-refractivity contribution < 1.29 is 14.0 Å². The van der Waals surface area contributed by atoms with E-state index >= 15 is 0 Å². The van der Waals surface area contributed by atoms with Crippen molar-refractivity contribution in [2.24, 2.45) is 0 Å². The number of para-hydroxylation sites is 1. The first-order valence-electron chi connectivity index (χ1n) is 12.3. The second-order valence-electron chi connectivity index (χ2n) is 8.83. The lowest BCUT2D eigenvalue weighted by atomic mass is 10.1. The summed E-state index contributed by atoms with van der Waals surface area (Å²) < 4.78 is 14.2. The van der Waals surface area contributed by atoms with Gasteiger partial charge in [0, 0.05) is 51.7 Å². The molecule has 0 spiro atoms. The molecule has 1 saturated heterocycles. The Bertz CT molecular complexity index is 1120. The van der Waals surface area contributed by atoms with Gasteiger partial charge in [-0.1, -0.05) is 48.5 Å². The quantitative estimate of drug-likeness (QED) is 0.357. The van der Waals surface area contributed by atoms with Gasteiger partial charge in [-0.15, -0.1) is 0 Å². The van der Waals surface area contributed by atoms with Crippen molar-refractivity contribution in [3.8, 4) is 0 Å². The number of benzene rings is 2. The van der Waals surface area contributed by atoms with Gasteiger partial charge in [-0.3, -0.25) is 19.5 Å². The first-order valence-corrected chi connectivity index (χ1v) is 12.3. The van der Waals surface area contributed by atoms with Crippen LogP contribution in [0.4, 0.5) is 10.1 Å². The van der Waals surface area contributed by atoms with Crippen LogP contribution < -0.4 is 15.5 Å². The molecule has 8 heteroatoms. The second kappa shape index (κ2) is 12.8. The number of amides is 2. The summed E-state index contributed by atoms with van der Waals surface area (Å²) in [6.07, 6.45) is 5.08. The Morgan fingerprint density at radius 1 is 0.889 bits per heavy atom. The highest BCUT2D eigenvalue weighted by Crippen LogP contribution is 2.25. The largest absolute Gasteiger partial charge is 0.367 e. The number of anilines is 1. The van der Waals surface area contributed by atoms with Crippen molar-refractivity contribution in [3.05, 3.63) is 96.1 Å². The Hall–Kier alpha value is -3.78. The molecule has 188 valence electrons. The fourth-order valence-corrected chi connectivity index (χ4v) is 4.50. The van der Waals surface area contributed by atoms with Crippen LogP contribution in [-0.4, -0.2) is 61.0 Å². The summed E-state index contributed by atoms with van der Waals surface area (Å²) in [5, 5.41) is 5.50.